The average molecular weight is 392 g/mol. The molecule has 1 aliphatic rings. The number of hydrogen-bond acceptors (Lipinski definition) is 4. The topological polar surface area (TPSA) is 48.0 Å². The summed E-state index contributed by atoms with van der Waals surface area (Å²) in [5, 5.41) is 0. The smallest absolute Gasteiger partial charge is 0.219 e. The molecule has 0 spiro atoms. The lowest BCUT2D eigenvalue weighted by atomic mass is 9.65. The number of methoxy groups -OCH3 is 2. The third-order valence-electron chi connectivity index (χ3n) is 6.24. The van der Waals surface area contributed by atoms with Crippen LogP contribution in [0.5, 0.6) is 11.5 Å². The number of amides is 1. The first kappa shape index (κ1) is 22.5. The number of rotatable bonds is 8. The predicted molar refractivity (Wildman–Crippen MR) is 112 cm³/mol. The fourth-order valence-corrected chi connectivity index (χ4v) is 4.42. The zero-order valence-electron chi connectivity index (χ0n) is 18.6. The van der Waals surface area contributed by atoms with E-state index in [-0.39, 0.29) is 16.9 Å². The summed E-state index contributed by atoms with van der Waals surface area (Å²) in [6.07, 6.45) is 3.07. The highest BCUT2D eigenvalue weighted by Gasteiger charge is 2.42. The van der Waals surface area contributed by atoms with Crippen molar-refractivity contribution < 1.29 is 19.0 Å². The number of hydrogen-bond donors (Lipinski definition) is 0. The zero-order valence-corrected chi connectivity index (χ0v) is 18.6. The van der Waals surface area contributed by atoms with Crippen LogP contribution in [0.1, 0.15) is 59.4 Å². The van der Waals surface area contributed by atoms with E-state index in [9.17, 15) is 4.79 Å². The molecule has 1 fully saturated rings. The van der Waals surface area contributed by atoms with Gasteiger partial charge in [-0.25, -0.2) is 0 Å². The van der Waals surface area contributed by atoms with Gasteiger partial charge in [0.15, 0.2) is 11.5 Å². The van der Waals surface area contributed by atoms with Gasteiger partial charge in [-0.15, -0.1) is 0 Å². The Morgan fingerprint density at radius 2 is 1.89 bits per heavy atom. The van der Waals surface area contributed by atoms with Gasteiger partial charge >= 0.3 is 0 Å². The van der Waals surface area contributed by atoms with Gasteiger partial charge in [0.25, 0.3) is 0 Å². The van der Waals surface area contributed by atoms with Crippen LogP contribution in [0.2, 0.25) is 0 Å². The Bertz CT molecular complexity index is 671. The number of carbonyl (C=O) groups excluding carboxylic acids is 1. The minimum atomic E-state index is -0.104. The molecule has 2 rings (SSSR count). The molecule has 1 amide bonds. The Kier molecular flexibility index (Phi) is 7.38. The van der Waals surface area contributed by atoms with Crippen molar-refractivity contribution in [2.24, 2.45) is 11.3 Å². The first-order valence-electron chi connectivity index (χ1n) is 10.2. The van der Waals surface area contributed by atoms with Crippen LogP contribution in [0.15, 0.2) is 18.2 Å². The second kappa shape index (κ2) is 9.17. The second-order valence-electron chi connectivity index (χ2n) is 8.93. The molecule has 158 valence electrons. The molecule has 5 nitrogen and oxygen atoms in total. The molecule has 1 aliphatic heterocycles. The fourth-order valence-electron chi connectivity index (χ4n) is 4.42. The molecule has 1 aromatic rings. The molecular weight excluding hydrogens is 354 g/mol. The van der Waals surface area contributed by atoms with Gasteiger partial charge in [0.1, 0.15) is 0 Å². The number of benzene rings is 1. The van der Waals surface area contributed by atoms with E-state index in [4.69, 9.17) is 14.2 Å². The second-order valence-corrected chi connectivity index (χ2v) is 8.93. The largest absolute Gasteiger partial charge is 0.493 e. The normalized spacial score (nSPS) is 21.4. The monoisotopic (exact) mass is 391 g/mol. The van der Waals surface area contributed by atoms with Crippen molar-refractivity contribution in [2.75, 3.05) is 27.4 Å². The maximum Gasteiger partial charge on any atom is 0.219 e. The summed E-state index contributed by atoms with van der Waals surface area (Å²) in [5.74, 6) is 2.03. The van der Waals surface area contributed by atoms with Crippen LogP contribution in [0.4, 0.5) is 0 Å². The predicted octanol–water partition coefficient (Wildman–Crippen LogP) is 4.67. The van der Waals surface area contributed by atoms with Crippen LogP contribution in [0.25, 0.3) is 0 Å². The first-order valence-corrected chi connectivity index (χ1v) is 10.2. The van der Waals surface area contributed by atoms with E-state index in [0.717, 1.165) is 38.0 Å². The third kappa shape index (κ3) is 5.40. The molecule has 1 atom stereocenters. The van der Waals surface area contributed by atoms with Gasteiger partial charge in [0.05, 0.1) is 19.8 Å². The van der Waals surface area contributed by atoms with Crippen molar-refractivity contribution in [2.45, 2.75) is 66.0 Å². The Labute approximate surface area is 170 Å². The first-order chi connectivity index (χ1) is 13.1. The van der Waals surface area contributed by atoms with Crippen LogP contribution in [0.3, 0.4) is 0 Å². The number of carbonyl (C=O) groups is 1. The zero-order chi connectivity index (χ0) is 20.9. The summed E-state index contributed by atoms with van der Waals surface area (Å²) in [4.78, 5) is 14.3. The Morgan fingerprint density at radius 1 is 1.21 bits per heavy atom. The molecule has 0 aromatic heterocycles. The van der Waals surface area contributed by atoms with E-state index in [1.54, 1.807) is 21.1 Å². The number of ether oxygens (including phenoxy) is 3. The summed E-state index contributed by atoms with van der Waals surface area (Å²) in [7, 11) is 3.25. The Balaban J connectivity index is 2.13. The summed E-state index contributed by atoms with van der Waals surface area (Å²) >= 11 is 0. The molecule has 0 bridgehead atoms. The molecule has 1 heterocycles. The molecule has 0 saturated carbocycles. The SMILES string of the molecule is COc1ccc(CN(CC[C@]2(C(C)C)CCOC(C)(C)C2)C(C)=O)cc1OC. The highest BCUT2D eigenvalue weighted by Crippen LogP contribution is 2.47. The molecule has 1 saturated heterocycles. The number of nitrogens with zero attached hydrogens (tertiary/aromatic N) is 1. The molecule has 28 heavy (non-hydrogen) atoms. The standard InChI is InChI=1S/C23H37NO4/c1-17(2)23(11-13-28-22(4,5)16-23)10-12-24(18(3)25)15-19-8-9-20(26-6)21(14-19)27-7/h8-9,14,17H,10-13,15-16H2,1-7H3/t23-/m0/s1. The molecule has 0 radical (unpaired) electrons. The Morgan fingerprint density at radius 3 is 2.43 bits per heavy atom. The van der Waals surface area contributed by atoms with Gasteiger partial charge in [0.2, 0.25) is 5.91 Å². The summed E-state index contributed by atoms with van der Waals surface area (Å²) in [6, 6.07) is 5.83. The van der Waals surface area contributed by atoms with E-state index in [0.29, 0.717) is 24.0 Å². The molecule has 0 unspecified atom stereocenters. The van der Waals surface area contributed by atoms with Gasteiger partial charge in [-0.2, -0.15) is 0 Å². The average Bonchev–Trinajstić information content (AvgIpc) is 2.63. The quantitative estimate of drug-likeness (QED) is 0.646. The van der Waals surface area contributed by atoms with Crippen LogP contribution in [-0.4, -0.2) is 43.8 Å². The lowest BCUT2D eigenvalue weighted by Gasteiger charge is -2.48. The van der Waals surface area contributed by atoms with E-state index < -0.39 is 0 Å². The van der Waals surface area contributed by atoms with Gasteiger partial charge in [-0.05, 0) is 62.1 Å². The van der Waals surface area contributed by atoms with Crippen molar-refractivity contribution >= 4 is 5.91 Å². The summed E-state index contributed by atoms with van der Waals surface area (Å²) < 4.78 is 16.7. The maximum absolute atomic E-state index is 12.3. The van der Waals surface area contributed by atoms with Crippen molar-refractivity contribution in [3.63, 3.8) is 0 Å². The van der Waals surface area contributed by atoms with Crippen LogP contribution < -0.4 is 9.47 Å². The molecule has 5 heteroatoms. The van der Waals surface area contributed by atoms with Crippen molar-refractivity contribution in [3.05, 3.63) is 23.8 Å². The Hall–Kier alpha value is -1.75. The third-order valence-corrected chi connectivity index (χ3v) is 6.24. The lowest BCUT2D eigenvalue weighted by molar-refractivity contribution is -0.134. The summed E-state index contributed by atoms with van der Waals surface area (Å²) in [6.45, 7) is 12.7. The molecular formula is C23H37NO4. The fraction of sp³-hybridized carbons (Fsp3) is 0.696. The van der Waals surface area contributed by atoms with Crippen molar-refractivity contribution in [1.29, 1.82) is 0 Å². The van der Waals surface area contributed by atoms with Crippen molar-refractivity contribution in [3.8, 4) is 11.5 Å². The van der Waals surface area contributed by atoms with Crippen LogP contribution in [0, 0.1) is 11.3 Å². The highest BCUT2D eigenvalue weighted by molar-refractivity contribution is 5.73. The van der Waals surface area contributed by atoms with E-state index in [1.165, 1.54) is 0 Å². The van der Waals surface area contributed by atoms with Gasteiger partial charge in [0, 0.05) is 26.6 Å². The lowest BCUT2D eigenvalue weighted by Crippen LogP contribution is -2.46. The highest BCUT2D eigenvalue weighted by atomic mass is 16.5. The minimum absolute atomic E-state index is 0.0972. The van der Waals surface area contributed by atoms with Gasteiger partial charge in [-0.1, -0.05) is 19.9 Å². The molecule has 1 aromatic carbocycles. The molecule has 0 aliphatic carbocycles. The van der Waals surface area contributed by atoms with Crippen LogP contribution in [-0.2, 0) is 16.1 Å². The van der Waals surface area contributed by atoms with E-state index in [1.807, 2.05) is 23.1 Å². The van der Waals surface area contributed by atoms with Gasteiger partial charge in [-0.3, -0.25) is 4.79 Å². The van der Waals surface area contributed by atoms with E-state index in [2.05, 4.69) is 27.7 Å². The minimum Gasteiger partial charge on any atom is -0.493 e. The molecule has 0 N–H and O–H groups in total. The van der Waals surface area contributed by atoms with Crippen molar-refractivity contribution in [1.82, 2.24) is 4.90 Å². The van der Waals surface area contributed by atoms with E-state index >= 15 is 0 Å². The maximum atomic E-state index is 12.3. The summed E-state index contributed by atoms with van der Waals surface area (Å²) in [5.41, 5.74) is 1.14. The van der Waals surface area contributed by atoms with Crippen LogP contribution >= 0.6 is 0 Å². The van der Waals surface area contributed by atoms with Gasteiger partial charge < -0.3 is 19.1 Å².